The second kappa shape index (κ2) is 17.9. The number of hydrogen-bond donors (Lipinski definition) is 4. The summed E-state index contributed by atoms with van der Waals surface area (Å²) >= 11 is 7.36. The first-order valence-electron chi connectivity index (χ1n) is 16.6. The number of carbonyl (C=O) groups excluding carboxylic acids is 4. The highest BCUT2D eigenvalue weighted by atomic mass is 35.5. The van der Waals surface area contributed by atoms with Crippen molar-refractivity contribution in [2.24, 2.45) is 5.10 Å². The Hall–Kier alpha value is -5.28. The number of carbonyl (C=O) groups is 4. The summed E-state index contributed by atoms with van der Waals surface area (Å²) in [5, 5.41) is 13.4. The lowest BCUT2D eigenvalue weighted by Gasteiger charge is -2.33. The van der Waals surface area contributed by atoms with Gasteiger partial charge < -0.3 is 10.6 Å². The van der Waals surface area contributed by atoms with Crippen LogP contribution in [0.4, 0.5) is 53.0 Å². The van der Waals surface area contributed by atoms with Crippen molar-refractivity contribution < 1.29 is 45.5 Å². The normalized spacial score (nSPS) is 16.7. The number of anilines is 3. The number of imide groups is 1. The fraction of sp³-hybridized carbons (Fsp3) is 0.257. The maximum Gasteiger partial charge on any atom is 0.416 e. The van der Waals surface area contributed by atoms with Gasteiger partial charge in [0.05, 0.1) is 40.3 Å². The Kier molecular flexibility index (Phi) is 13.4. The monoisotopic (exact) mass is 857 g/mol. The lowest BCUT2D eigenvalue weighted by molar-refractivity contribution is -0.138. The molecule has 13 nitrogen and oxygen atoms in total. The van der Waals surface area contributed by atoms with Crippen molar-refractivity contribution in [2.75, 3.05) is 48.3 Å². The summed E-state index contributed by atoms with van der Waals surface area (Å²) in [5.74, 6) is -1.21. The molecular weight excluding hydrogens is 827 g/mol. The van der Waals surface area contributed by atoms with Gasteiger partial charge in [-0.05, 0) is 66.7 Å². The topological polar surface area (TPSA) is 151 Å². The average Bonchev–Trinajstić information content (AvgIpc) is 3.72. The minimum atomic E-state index is -4.57. The number of nitrogens with zero attached hydrogens (tertiary/aromatic N) is 5. The van der Waals surface area contributed by atoms with Gasteiger partial charge in [-0.2, -0.15) is 31.4 Å². The summed E-state index contributed by atoms with van der Waals surface area (Å²) in [7, 11) is 0. The lowest BCUT2D eigenvalue weighted by atomic mass is 10.1. The molecule has 2 aliphatic rings. The molecule has 0 saturated carbocycles. The Bertz CT molecular complexity index is 2130. The molecule has 2 saturated heterocycles. The number of benzene rings is 3. The zero-order chi connectivity index (χ0) is 40.2. The van der Waals surface area contributed by atoms with Crippen LogP contribution >= 0.6 is 35.3 Å². The Morgan fingerprint density at radius 2 is 1.53 bits per heavy atom. The maximum absolute atomic E-state index is 12.9. The third-order valence-electron chi connectivity index (χ3n) is 8.58. The van der Waals surface area contributed by atoms with Gasteiger partial charge in [0.1, 0.15) is 5.01 Å². The highest BCUT2D eigenvalue weighted by Gasteiger charge is 2.39. The molecule has 4 aromatic rings. The number of nitrogens with one attached hydrogen (secondary N) is 4. The summed E-state index contributed by atoms with van der Waals surface area (Å²) in [6, 6.07) is 10.4. The summed E-state index contributed by atoms with van der Waals surface area (Å²) in [6.45, 7) is 3.03. The number of urea groups is 2. The van der Waals surface area contributed by atoms with Crippen LogP contribution in [0, 0.1) is 0 Å². The van der Waals surface area contributed by atoms with Crippen LogP contribution in [0.25, 0.3) is 10.6 Å². The van der Waals surface area contributed by atoms with Gasteiger partial charge in [-0.15, -0.1) is 23.7 Å². The number of piperazine rings is 1. The minimum Gasteiger partial charge on any atom is -0.308 e. The first-order chi connectivity index (χ1) is 26.5. The number of alkyl halides is 6. The summed E-state index contributed by atoms with van der Waals surface area (Å²) < 4.78 is 77.5. The molecule has 22 heteroatoms. The van der Waals surface area contributed by atoms with Crippen molar-refractivity contribution in [1.82, 2.24) is 25.5 Å². The average molecular weight is 859 g/mol. The van der Waals surface area contributed by atoms with Gasteiger partial charge >= 0.3 is 24.4 Å². The molecule has 0 bridgehead atoms. The van der Waals surface area contributed by atoms with Crippen LogP contribution in [0.2, 0.25) is 5.02 Å². The number of amides is 6. The Morgan fingerprint density at radius 1 is 0.895 bits per heavy atom. The van der Waals surface area contributed by atoms with Crippen molar-refractivity contribution in [3.05, 3.63) is 94.0 Å². The van der Waals surface area contributed by atoms with Crippen molar-refractivity contribution in [2.45, 2.75) is 24.9 Å². The SMILES string of the molecule is Cl.O=C(CN1CCN(Cc2csc(-c3ccc(NC(=O)Nc4ccc(C(F)(F)F)cc4Cl)cc3)n2)CC1)N/N=C/C1C(=O)NC(=O)N1c1ccc(C(F)(F)F)cc1. The van der Waals surface area contributed by atoms with Gasteiger partial charge in [-0.3, -0.25) is 29.6 Å². The second-order valence-electron chi connectivity index (χ2n) is 12.5. The van der Waals surface area contributed by atoms with E-state index >= 15 is 0 Å². The van der Waals surface area contributed by atoms with Gasteiger partial charge in [-0.25, -0.2) is 20.0 Å². The van der Waals surface area contributed by atoms with Crippen molar-refractivity contribution >= 4 is 82.5 Å². The maximum atomic E-state index is 12.9. The predicted octanol–water partition coefficient (Wildman–Crippen LogP) is 6.91. The van der Waals surface area contributed by atoms with Crippen molar-refractivity contribution in [3.8, 4) is 10.6 Å². The quantitative estimate of drug-likeness (QED) is 0.0586. The van der Waals surface area contributed by atoms with Crippen LogP contribution in [0.5, 0.6) is 0 Å². The molecule has 57 heavy (non-hydrogen) atoms. The molecular formula is C35H31Cl2F6N9O4S. The molecule has 3 heterocycles. The molecule has 2 fully saturated rings. The van der Waals surface area contributed by atoms with Crippen LogP contribution in [-0.4, -0.2) is 83.6 Å². The number of halogens is 8. The van der Waals surface area contributed by atoms with Crippen molar-refractivity contribution in [3.63, 3.8) is 0 Å². The third kappa shape index (κ3) is 11.0. The second-order valence-corrected chi connectivity index (χ2v) is 13.8. The predicted molar refractivity (Wildman–Crippen MR) is 203 cm³/mol. The number of rotatable bonds is 10. The summed E-state index contributed by atoms with van der Waals surface area (Å²) in [4.78, 5) is 59.5. The largest absolute Gasteiger partial charge is 0.416 e. The van der Waals surface area contributed by atoms with E-state index in [9.17, 15) is 45.5 Å². The molecule has 6 rings (SSSR count). The fourth-order valence-corrected chi connectivity index (χ4v) is 6.79. The standard InChI is InChI=1S/C35H30ClF6N9O4S.ClH/c36-26-15-22(35(40,41)42)5-10-27(26)46-32(54)45-23-6-1-20(2-7-23)31-44-24(19-56-31)17-49-11-13-50(14-12-49)18-29(52)48-43-16-28-30(53)47-33(55)51(28)25-8-3-21(4-9-25)34(37,38)39;/h1-10,15-16,19,28H,11-14,17-18H2,(H,48,52)(H2,45,46,54)(H,47,53,55);1H/b43-16+;. The van der Waals surface area contributed by atoms with E-state index in [1.54, 1.807) is 24.3 Å². The van der Waals surface area contributed by atoms with Crippen LogP contribution in [-0.2, 0) is 28.5 Å². The zero-order valence-corrected chi connectivity index (χ0v) is 31.5. The van der Waals surface area contributed by atoms with Gasteiger partial charge in [0, 0.05) is 55.0 Å². The molecule has 0 aliphatic carbocycles. The highest BCUT2D eigenvalue weighted by Crippen LogP contribution is 2.34. The van der Waals surface area contributed by atoms with E-state index in [0.29, 0.717) is 38.4 Å². The van der Waals surface area contributed by atoms with Gasteiger partial charge in [0.15, 0.2) is 6.04 Å². The number of hydrogen-bond acceptors (Lipinski definition) is 9. The molecule has 1 aromatic heterocycles. The first kappa shape index (κ1) is 42.9. The van der Waals surface area contributed by atoms with Gasteiger partial charge in [0.25, 0.3) is 11.8 Å². The highest BCUT2D eigenvalue weighted by molar-refractivity contribution is 7.13. The molecule has 3 aromatic carbocycles. The molecule has 2 aliphatic heterocycles. The van der Waals surface area contributed by atoms with E-state index in [1.165, 1.54) is 11.3 Å². The van der Waals surface area contributed by atoms with Gasteiger partial charge in [-0.1, -0.05) is 11.6 Å². The van der Waals surface area contributed by atoms with E-state index in [2.05, 4.69) is 31.4 Å². The van der Waals surface area contributed by atoms with Gasteiger partial charge in [0.2, 0.25) is 0 Å². The van der Waals surface area contributed by atoms with E-state index in [-0.39, 0.29) is 35.3 Å². The molecule has 302 valence electrons. The lowest BCUT2D eigenvalue weighted by Crippen LogP contribution is -2.48. The number of thiazole rings is 1. The Morgan fingerprint density at radius 3 is 2.16 bits per heavy atom. The van der Waals surface area contributed by atoms with E-state index < -0.39 is 53.4 Å². The zero-order valence-electron chi connectivity index (χ0n) is 29.2. The first-order valence-corrected chi connectivity index (χ1v) is 17.9. The van der Waals surface area contributed by atoms with Crippen LogP contribution < -0.4 is 26.3 Å². The Balaban J connectivity index is 0.00000620. The summed E-state index contributed by atoms with van der Waals surface area (Å²) in [5.41, 5.74) is 2.64. The summed E-state index contributed by atoms with van der Waals surface area (Å²) in [6.07, 6.45) is -8.10. The van der Waals surface area contributed by atoms with E-state index in [4.69, 9.17) is 16.6 Å². The fourth-order valence-electron chi connectivity index (χ4n) is 5.75. The van der Waals surface area contributed by atoms with Crippen LogP contribution in [0.1, 0.15) is 16.8 Å². The number of aromatic nitrogens is 1. The van der Waals surface area contributed by atoms with Crippen molar-refractivity contribution in [1.29, 1.82) is 0 Å². The van der Waals surface area contributed by atoms with E-state index in [0.717, 1.165) is 69.8 Å². The van der Waals surface area contributed by atoms with Crippen LogP contribution in [0.3, 0.4) is 0 Å². The van der Waals surface area contributed by atoms with E-state index in [1.807, 2.05) is 10.3 Å². The Labute approximate surface area is 335 Å². The minimum absolute atomic E-state index is 0. The molecule has 1 atom stereocenters. The molecule has 1 unspecified atom stereocenters. The smallest absolute Gasteiger partial charge is 0.308 e. The number of hydrazone groups is 1. The molecule has 6 amide bonds. The van der Waals surface area contributed by atoms with Crippen LogP contribution in [0.15, 0.2) is 77.2 Å². The molecule has 0 spiro atoms. The molecule has 4 N–H and O–H groups in total. The third-order valence-corrected chi connectivity index (χ3v) is 9.83. The molecule has 0 radical (unpaired) electrons.